The Morgan fingerprint density at radius 1 is 1.10 bits per heavy atom. The highest BCUT2D eigenvalue weighted by molar-refractivity contribution is 6.31. The number of hydrogen-bond acceptors (Lipinski definition) is 4. The number of aromatic nitrogens is 2. The highest BCUT2D eigenvalue weighted by Crippen LogP contribution is 2.20. The molecule has 0 spiro atoms. The lowest BCUT2D eigenvalue weighted by Crippen LogP contribution is -2.28. The van der Waals surface area contributed by atoms with Crippen LogP contribution in [0.5, 0.6) is 0 Å². The molecule has 1 amide bonds. The number of rotatable bonds is 8. The predicted octanol–water partition coefficient (Wildman–Crippen LogP) is 4.07. The van der Waals surface area contributed by atoms with E-state index < -0.39 is 5.97 Å². The van der Waals surface area contributed by atoms with E-state index in [4.69, 9.17) is 16.3 Å². The van der Waals surface area contributed by atoms with E-state index >= 15 is 0 Å². The van der Waals surface area contributed by atoms with Crippen molar-refractivity contribution in [1.29, 1.82) is 0 Å². The molecule has 0 bridgehead atoms. The number of carbonyl (C=O) groups excluding carboxylic acids is 2. The lowest BCUT2D eigenvalue weighted by molar-refractivity contribution is -0.143. The summed E-state index contributed by atoms with van der Waals surface area (Å²) in [6.07, 6.45) is 2.96. The van der Waals surface area contributed by atoms with Gasteiger partial charge < -0.3 is 10.1 Å². The van der Waals surface area contributed by atoms with E-state index in [1.165, 1.54) is 6.08 Å². The van der Waals surface area contributed by atoms with Gasteiger partial charge in [0, 0.05) is 28.9 Å². The molecule has 0 saturated carbocycles. The predicted molar refractivity (Wildman–Crippen MR) is 121 cm³/mol. The largest absolute Gasteiger partial charge is 0.452 e. The molecule has 2 aromatic carbocycles. The Labute approximate surface area is 186 Å². The van der Waals surface area contributed by atoms with E-state index in [-0.39, 0.29) is 12.5 Å². The summed E-state index contributed by atoms with van der Waals surface area (Å²) < 4.78 is 6.88. The third kappa shape index (κ3) is 6.30. The van der Waals surface area contributed by atoms with E-state index in [9.17, 15) is 9.59 Å². The molecule has 160 valence electrons. The maximum absolute atomic E-state index is 12.0. The van der Waals surface area contributed by atoms with Crippen LogP contribution in [0, 0.1) is 13.8 Å². The zero-order valence-corrected chi connectivity index (χ0v) is 18.2. The molecule has 1 N–H and O–H groups in total. The summed E-state index contributed by atoms with van der Waals surface area (Å²) in [5, 5.41) is 7.94. The second-order valence-electron chi connectivity index (χ2n) is 7.04. The van der Waals surface area contributed by atoms with Crippen LogP contribution in [-0.4, -0.2) is 28.3 Å². The molecule has 0 atom stereocenters. The van der Waals surface area contributed by atoms with Crippen molar-refractivity contribution >= 4 is 29.6 Å². The Bertz CT molecular complexity index is 1090. The van der Waals surface area contributed by atoms with Crippen molar-refractivity contribution < 1.29 is 14.3 Å². The van der Waals surface area contributed by atoms with Gasteiger partial charge in [0.15, 0.2) is 6.61 Å². The summed E-state index contributed by atoms with van der Waals surface area (Å²) in [4.78, 5) is 23.9. The normalized spacial score (nSPS) is 10.9. The van der Waals surface area contributed by atoms with E-state index in [0.717, 1.165) is 28.1 Å². The first kappa shape index (κ1) is 22.3. The van der Waals surface area contributed by atoms with Gasteiger partial charge in [0.25, 0.3) is 5.91 Å². The Hall–Kier alpha value is -3.38. The fourth-order valence-corrected chi connectivity index (χ4v) is 3.27. The molecule has 1 aromatic heterocycles. The standard InChI is InChI=1S/C24H24ClN3O3/c1-17-21(18(2)28(27-17)15-20-10-6-7-11-22(20)25)12-13-24(30)31-16-23(29)26-14-19-8-4-3-5-9-19/h3-13H,14-16H2,1-2H3,(H,26,29)/b13-12+. The number of amides is 1. The summed E-state index contributed by atoms with van der Waals surface area (Å²) in [6, 6.07) is 17.1. The summed E-state index contributed by atoms with van der Waals surface area (Å²) >= 11 is 6.24. The van der Waals surface area contributed by atoms with Crippen LogP contribution in [0.15, 0.2) is 60.7 Å². The number of esters is 1. The van der Waals surface area contributed by atoms with Gasteiger partial charge in [-0.2, -0.15) is 5.10 Å². The van der Waals surface area contributed by atoms with Crippen molar-refractivity contribution in [2.45, 2.75) is 26.9 Å². The van der Waals surface area contributed by atoms with Gasteiger partial charge >= 0.3 is 5.97 Å². The van der Waals surface area contributed by atoms with Crippen LogP contribution in [0.2, 0.25) is 5.02 Å². The molecule has 0 radical (unpaired) electrons. The van der Waals surface area contributed by atoms with Crippen LogP contribution < -0.4 is 5.32 Å². The number of hydrogen-bond donors (Lipinski definition) is 1. The average Bonchev–Trinajstić information content (AvgIpc) is 3.04. The van der Waals surface area contributed by atoms with Crippen molar-refractivity contribution in [3.63, 3.8) is 0 Å². The van der Waals surface area contributed by atoms with Gasteiger partial charge in [0.2, 0.25) is 0 Å². The molecule has 0 aliphatic rings. The summed E-state index contributed by atoms with van der Waals surface area (Å²) in [6.45, 7) is 4.39. The molecule has 7 heteroatoms. The van der Waals surface area contributed by atoms with Crippen molar-refractivity contribution in [2.75, 3.05) is 6.61 Å². The smallest absolute Gasteiger partial charge is 0.331 e. The zero-order valence-electron chi connectivity index (χ0n) is 17.5. The first-order chi connectivity index (χ1) is 14.9. The first-order valence-corrected chi connectivity index (χ1v) is 10.2. The van der Waals surface area contributed by atoms with E-state index in [1.54, 1.807) is 6.08 Å². The molecular formula is C24H24ClN3O3. The van der Waals surface area contributed by atoms with Crippen LogP contribution in [-0.2, 0) is 27.4 Å². The van der Waals surface area contributed by atoms with Crippen LogP contribution in [0.1, 0.15) is 28.1 Å². The van der Waals surface area contributed by atoms with Crippen molar-refractivity contribution in [3.8, 4) is 0 Å². The third-order valence-corrected chi connectivity index (χ3v) is 5.15. The van der Waals surface area contributed by atoms with Crippen molar-refractivity contribution in [3.05, 3.63) is 93.8 Å². The molecule has 1 heterocycles. The van der Waals surface area contributed by atoms with Crippen molar-refractivity contribution in [1.82, 2.24) is 15.1 Å². The summed E-state index contributed by atoms with van der Waals surface area (Å²) in [7, 11) is 0. The summed E-state index contributed by atoms with van der Waals surface area (Å²) in [5.74, 6) is -0.946. The third-order valence-electron chi connectivity index (χ3n) is 4.78. The van der Waals surface area contributed by atoms with E-state index in [0.29, 0.717) is 18.1 Å². The molecule has 3 aromatic rings. The number of nitrogens with one attached hydrogen (secondary N) is 1. The number of ether oxygens (including phenoxy) is 1. The summed E-state index contributed by atoms with van der Waals surface area (Å²) in [5.41, 5.74) is 4.46. The van der Waals surface area contributed by atoms with Gasteiger partial charge in [-0.1, -0.05) is 60.1 Å². The lowest BCUT2D eigenvalue weighted by Gasteiger charge is -2.06. The van der Waals surface area contributed by atoms with E-state index in [1.807, 2.05) is 73.1 Å². The number of nitrogens with zero attached hydrogens (tertiary/aromatic N) is 2. The zero-order chi connectivity index (χ0) is 22.2. The van der Waals surface area contributed by atoms with Crippen LogP contribution in [0.3, 0.4) is 0 Å². The van der Waals surface area contributed by atoms with Crippen LogP contribution >= 0.6 is 11.6 Å². The second-order valence-corrected chi connectivity index (χ2v) is 7.44. The van der Waals surface area contributed by atoms with Crippen molar-refractivity contribution in [2.24, 2.45) is 0 Å². The molecular weight excluding hydrogens is 414 g/mol. The topological polar surface area (TPSA) is 73.2 Å². The maximum Gasteiger partial charge on any atom is 0.331 e. The molecule has 0 unspecified atom stereocenters. The first-order valence-electron chi connectivity index (χ1n) is 9.87. The van der Waals surface area contributed by atoms with Gasteiger partial charge in [-0.3, -0.25) is 9.48 Å². The Morgan fingerprint density at radius 3 is 2.55 bits per heavy atom. The number of benzene rings is 2. The van der Waals surface area contributed by atoms with Crippen LogP contribution in [0.25, 0.3) is 6.08 Å². The van der Waals surface area contributed by atoms with E-state index in [2.05, 4.69) is 10.4 Å². The fraction of sp³-hybridized carbons (Fsp3) is 0.208. The lowest BCUT2D eigenvalue weighted by atomic mass is 10.1. The van der Waals surface area contributed by atoms with Crippen LogP contribution in [0.4, 0.5) is 0 Å². The van der Waals surface area contributed by atoms with Gasteiger partial charge in [-0.15, -0.1) is 0 Å². The maximum atomic E-state index is 12.0. The average molecular weight is 438 g/mol. The molecule has 0 aliphatic carbocycles. The molecule has 6 nitrogen and oxygen atoms in total. The highest BCUT2D eigenvalue weighted by atomic mass is 35.5. The van der Waals surface area contributed by atoms with Gasteiger partial charge in [0.1, 0.15) is 0 Å². The Morgan fingerprint density at radius 2 is 1.81 bits per heavy atom. The molecule has 31 heavy (non-hydrogen) atoms. The number of aryl methyl sites for hydroxylation is 1. The van der Waals surface area contributed by atoms with Gasteiger partial charge in [0.05, 0.1) is 12.2 Å². The fourth-order valence-electron chi connectivity index (χ4n) is 3.08. The molecule has 0 aliphatic heterocycles. The quantitative estimate of drug-likeness (QED) is 0.426. The monoisotopic (exact) mass is 437 g/mol. The Balaban J connectivity index is 1.53. The second kappa shape index (κ2) is 10.6. The minimum atomic E-state index is -0.590. The van der Waals surface area contributed by atoms with Gasteiger partial charge in [-0.05, 0) is 37.1 Å². The van der Waals surface area contributed by atoms with Gasteiger partial charge in [-0.25, -0.2) is 4.79 Å². The molecule has 3 rings (SSSR count). The molecule has 0 saturated heterocycles. The minimum Gasteiger partial charge on any atom is -0.452 e. The number of carbonyl (C=O) groups is 2. The number of halogens is 1. The highest BCUT2D eigenvalue weighted by Gasteiger charge is 2.12. The molecule has 0 fully saturated rings. The minimum absolute atomic E-state index is 0.334. The Kier molecular flexibility index (Phi) is 7.62. The SMILES string of the molecule is Cc1nn(Cc2ccccc2Cl)c(C)c1/C=C/C(=O)OCC(=O)NCc1ccccc1.